The maximum absolute atomic E-state index is 6.14. The quantitative estimate of drug-likeness (QED) is 0.676. The Hall–Kier alpha value is -1.68. The molecule has 21 heavy (non-hydrogen) atoms. The molecule has 6 bridgehead atoms. The zero-order valence-corrected chi connectivity index (χ0v) is 11.2. The van der Waals surface area contributed by atoms with Crippen molar-refractivity contribution < 1.29 is 14.2 Å². The van der Waals surface area contributed by atoms with E-state index in [-0.39, 0.29) is 36.6 Å². The van der Waals surface area contributed by atoms with Gasteiger partial charge >= 0.3 is 0 Å². The maximum Gasteiger partial charge on any atom is 0.103 e. The Labute approximate surface area is 121 Å². The van der Waals surface area contributed by atoms with Crippen LogP contribution in [0.4, 0.5) is 0 Å². The summed E-state index contributed by atoms with van der Waals surface area (Å²) < 4.78 is 18.4. The number of hydrogen-bond donors (Lipinski definition) is 0. The molecule has 0 N–H and O–H groups in total. The molecule has 3 nitrogen and oxygen atoms in total. The van der Waals surface area contributed by atoms with Crippen LogP contribution in [0.25, 0.3) is 0 Å². The summed E-state index contributed by atoms with van der Waals surface area (Å²) in [5.74, 6) is 0. The molecule has 102 valence electrons. The molecule has 6 atom stereocenters. The summed E-state index contributed by atoms with van der Waals surface area (Å²) in [5, 5.41) is 0. The third kappa shape index (κ3) is 0.908. The molecule has 0 saturated carbocycles. The fourth-order valence-electron chi connectivity index (χ4n) is 5.05. The summed E-state index contributed by atoms with van der Waals surface area (Å²) in [6.45, 7) is 0. The van der Waals surface area contributed by atoms with E-state index in [1.807, 2.05) is 0 Å². The van der Waals surface area contributed by atoms with E-state index < -0.39 is 0 Å². The zero-order valence-electron chi connectivity index (χ0n) is 11.2. The van der Waals surface area contributed by atoms with E-state index in [2.05, 4.69) is 36.5 Å². The minimum Gasteiger partial charge on any atom is -0.357 e. The van der Waals surface area contributed by atoms with Crippen LogP contribution in [0.15, 0.2) is 36.5 Å². The lowest BCUT2D eigenvalue weighted by Gasteiger charge is -2.24. The first-order valence-corrected chi connectivity index (χ1v) is 7.65. The second-order valence-corrected chi connectivity index (χ2v) is 6.57. The Morgan fingerprint density at radius 2 is 0.571 bits per heavy atom. The molecule has 6 heterocycles. The fourth-order valence-corrected chi connectivity index (χ4v) is 5.05. The van der Waals surface area contributed by atoms with Gasteiger partial charge in [-0.05, 0) is 33.4 Å². The molecule has 0 aliphatic carbocycles. The van der Waals surface area contributed by atoms with E-state index in [9.17, 15) is 0 Å². The average molecular weight is 276 g/mol. The summed E-state index contributed by atoms with van der Waals surface area (Å²) in [7, 11) is 0. The van der Waals surface area contributed by atoms with Gasteiger partial charge in [-0.15, -0.1) is 0 Å². The van der Waals surface area contributed by atoms with Gasteiger partial charge in [0.25, 0.3) is 0 Å². The predicted molar refractivity (Wildman–Crippen MR) is 73.6 cm³/mol. The highest BCUT2D eigenvalue weighted by Gasteiger charge is 2.51. The molecule has 1 aromatic carbocycles. The van der Waals surface area contributed by atoms with Crippen molar-refractivity contribution in [2.75, 3.05) is 0 Å². The largest absolute Gasteiger partial charge is 0.357 e. The molecule has 0 spiro atoms. The summed E-state index contributed by atoms with van der Waals surface area (Å²) in [6.07, 6.45) is 13.8. The van der Waals surface area contributed by atoms with Crippen molar-refractivity contribution in [2.45, 2.75) is 36.6 Å². The highest BCUT2D eigenvalue weighted by molar-refractivity contribution is 5.67. The van der Waals surface area contributed by atoms with Gasteiger partial charge in [-0.25, -0.2) is 0 Å². The van der Waals surface area contributed by atoms with Crippen LogP contribution in [0.3, 0.4) is 0 Å². The number of hydrogen-bond acceptors (Lipinski definition) is 3. The minimum atomic E-state index is 0.114. The van der Waals surface area contributed by atoms with Crippen LogP contribution in [0.5, 0.6) is 0 Å². The molecule has 6 aliphatic rings. The molecule has 3 heteroatoms. The molecule has 7 rings (SSSR count). The van der Waals surface area contributed by atoms with E-state index >= 15 is 0 Å². The van der Waals surface area contributed by atoms with Crippen molar-refractivity contribution in [1.82, 2.24) is 0 Å². The molecule has 6 unspecified atom stereocenters. The van der Waals surface area contributed by atoms with Crippen LogP contribution in [0, 0.1) is 0 Å². The Bertz CT molecular complexity index is 639. The zero-order chi connectivity index (χ0) is 13.3. The van der Waals surface area contributed by atoms with Crippen molar-refractivity contribution in [3.05, 3.63) is 69.8 Å². The molecule has 0 amide bonds. The molecule has 0 radical (unpaired) electrons. The molecular formula is C18H12O3. The van der Waals surface area contributed by atoms with E-state index in [4.69, 9.17) is 14.2 Å². The lowest BCUT2D eigenvalue weighted by molar-refractivity contribution is 0.0792. The van der Waals surface area contributed by atoms with E-state index in [0.717, 1.165) is 0 Å². The maximum atomic E-state index is 6.14. The van der Waals surface area contributed by atoms with Gasteiger partial charge in [0, 0.05) is 0 Å². The van der Waals surface area contributed by atoms with Gasteiger partial charge in [0.2, 0.25) is 0 Å². The van der Waals surface area contributed by atoms with Gasteiger partial charge in [0.05, 0.1) is 0 Å². The first kappa shape index (κ1) is 10.1. The minimum absolute atomic E-state index is 0.114. The Balaban J connectivity index is 1.68. The number of fused-ring (bicyclic) bond motifs is 18. The van der Waals surface area contributed by atoms with Crippen LogP contribution in [0.2, 0.25) is 0 Å². The number of benzene rings is 1. The number of rotatable bonds is 0. The summed E-state index contributed by atoms with van der Waals surface area (Å²) >= 11 is 0. The Morgan fingerprint density at radius 1 is 0.381 bits per heavy atom. The predicted octanol–water partition coefficient (Wildman–Crippen LogP) is 3.73. The van der Waals surface area contributed by atoms with Crippen molar-refractivity contribution in [2.24, 2.45) is 0 Å². The van der Waals surface area contributed by atoms with Crippen LogP contribution < -0.4 is 0 Å². The van der Waals surface area contributed by atoms with Gasteiger partial charge < -0.3 is 14.2 Å². The highest BCUT2D eigenvalue weighted by Crippen LogP contribution is 2.63. The van der Waals surface area contributed by atoms with E-state index in [0.29, 0.717) is 0 Å². The fraction of sp³-hybridized carbons (Fsp3) is 0.333. The molecule has 0 aromatic heterocycles. The third-order valence-corrected chi connectivity index (χ3v) is 5.71. The van der Waals surface area contributed by atoms with Crippen molar-refractivity contribution in [3.63, 3.8) is 0 Å². The first-order valence-electron chi connectivity index (χ1n) is 7.65. The van der Waals surface area contributed by atoms with Gasteiger partial charge in [-0.2, -0.15) is 0 Å². The SMILES string of the molecule is C1=CC2OC1c1c3c(c4c(c12)C1C=CC4O1)C1C=CC3O1. The van der Waals surface area contributed by atoms with Crippen molar-refractivity contribution >= 4 is 0 Å². The van der Waals surface area contributed by atoms with Gasteiger partial charge in [-0.3, -0.25) is 0 Å². The smallest absolute Gasteiger partial charge is 0.103 e. The Morgan fingerprint density at radius 3 is 0.762 bits per heavy atom. The van der Waals surface area contributed by atoms with Crippen LogP contribution in [-0.4, -0.2) is 0 Å². The summed E-state index contributed by atoms with van der Waals surface area (Å²) in [6, 6.07) is 0. The lowest BCUT2D eigenvalue weighted by Crippen LogP contribution is -2.12. The van der Waals surface area contributed by atoms with E-state index in [1.54, 1.807) is 0 Å². The summed E-state index contributed by atoms with van der Waals surface area (Å²) in [5.41, 5.74) is 8.24. The van der Waals surface area contributed by atoms with Gasteiger partial charge in [0.15, 0.2) is 0 Å². The second-order valence-electron chi connectivity index (χ2n) is 6.57. The molecule has 1 aromatic rings. The molecule has 0 fully saturated rings. The first-order chi connectivity index (χ1) is 10.4. The lowest BCUT2D eigenvalue weighted by atomic mass is 9.76. The standard InChI is InChI=1S/C18H12O3/c1-2-8-14-13(7(1)19-8)15-9-3-4-11(20-9)17(15)18-12-6-5-10(21-12)16(14)18/h1-12H. The molecule has 0 saturated heterocycles. The average Bonchev–Trinajstić information content (AvgIpc) is 3.34. The highest BCUT2D eigenvalue weighted by atomic mass is 16.5. The number of ether oxygens (including phenoxy) is 3. The van der Waals surface area contributed by atoms with E-state index in [1.165, 1.54) is 33.4 Å². The second kappa shape index (κ2) is 2.93. The third-order valence-electron chi connectivity index (χ3n) is 5.71. The molecule has 6 aliphatic heterocycles. The monoisotopic (exact) mass is 276 g/mol. The molecular weight excluding hydrogens is 264 g/mol. The van der Waals surface area contributed by atoms with Crippen molar-refractivity contribution in [3.8, 4) is 0 Å². The topological polar surface area (TPSA) is 27.7 Å². The van der Waals surface area contributed by atoms with Gasteiger partial charge in [0.1, 0.15) is 36.6 Å². The van der Waals surface area contributed by atoms with Crippen molar-refractivity contribution in [1.29, 1.82) is 0 Å². The Kier molecular flexibility index (Phi) is 1.41. The van der Waals surface area contributed by atoms with Gasteiger partial charge in [-0.1, -0.05) is 36.5 Å². The normalized spacial score (nSPS) is 44.0. The van der Waals surface area contributed by atoms with Crippen LogP contribution in [-0.2, 0) is 14.2 Å². The summed E-state index contributed by atoms with van der Waals surface area (Å²) in [4.78, 5) is 0. The van der Waals surface area contributed by atoms with Crippen LogP contribution in [0.1, 0.15) is 70.0 Å². The van der Waals surface area contributed by atoms with Crippen LogP contribution >= 0.6 is 0 Å².